The summed E-state index contributed by atoms with van der Waals surface area (Å²) in [7, 11) is 1.68. The molecule has 1 fully saturated rings. The molecule has 1 aliphatic heterocycles. The molecule has 154 valence electrons. The Labute approximate surface area is 167 Å². The Bertz CT molecular complexity index is 822. The summed E-state index contributed by atoms with van der Waals surface area (Å²) in [6.07, 6.45) is 3.97. The third-order valence-electron chi connectivity index (χ3n) is 5.16. The van der Waals surface area contributed by atoms with Crippen LogP contribution in [0.3, 0.4) is 0 Å². The van der Waals surface area contributed by atoms with Gasteiger partial charge < -0.3 is 18.9 Å². The molecule has 2 heterocycles. The quantitative estimate of drug-likeness (QED) is 0.728. The number of piperidine rings is 1. The van der Waals surface area contributed by atoms with Crippen LogP contribution in [0.2, 0.25) is 0 Å². The standard InChI is InChI=1S/C22H33N3O3/c1-6-7-14-25-17-11-8-12-18(27-5)19(17)23-20(25)16-10-9-13-24(15-16)21(26)28-22(2,3)4/h8,11-12,16H,6-7,9-10,13-15H2,1-5H3/t16-/m1/s1. The zero-order chi connectivity index (χ0) is 20.3. The number of hydrogen-bond donors (Lipinski definition) is 0. The Hall–Kier alpha value is -2.24. The van der Waals surface area contributed by atoms with E-state index in [0.29, 0.717) is 6.54 Å². The number of likely N-dealkylation sites (tertiary alicyclic amines) is 1. The lowest BCUT2D eigenvalue weighted by Gasteiger charge is -2.34. The molecule has 2 aromatic rings. The highest BCUT2D eigenvalue weighted by atomic mass is 16.6. The van der Waals surface area contributed by atoms with Crippen molar-refractivity contribution in [2.75, 3.05) is 20.2 Å². The number of ether oxygens (including phenoxy) is 2. The van der Waals surface area contributed by atoms with Gasteiger partial charge in [0.05, 0.1) is 12.6 Å². The molecule has 0 radical (unpaired) electrons. The minimum absolute atomic E-state index is 0.204. The van der Waals surface area contributed by atoms with E-state index in [9.17, 15) is 4.79 Å². The molecule has 1 saturated heterocycles. The van der Waals surface area contributed by atoms with E-state index in [1.807, 2.05) is 37.8 Å². The monoisotopic (exact) mass is 387 g/mol. The van der Waals surface area contributed by atoms with Gasteiger partial charge in [0.15, 0.2) is 0 Å². The Morgan fingerprint density at radius 1 is 1.32 bits per heavy atom. The van der Waals surface area contributed by atoms with E-state index in [4.69, 9.17) is 14.5 Å². The third kappa shape index (κ3) is 4.42. The highest BCUT2D eigenvalue weighted by Gasteiger charge is 2.31. The lowest BCUT2D eigenvalue weighted by molar-refractivity contribution is 0.0195. The van der Waals surface area contributed by atoms with Crippen LogP contribution in [0, 0.1) is 0 Å². The number of benzene rings is 1. The number of aryl methyl sites for hydroxylation is 1. The van der Waals surface area contributed by atoms with Gasteiger partial charge in [-0.05, 0) is 52.2 Å². The molecule has 0 saturated carbocycles. The fraction of sp³-hybridized carbons (Fsp3) is 0.636. The van der Waals surface area contributed by atoms with Gasteiger partial charge in [-0.15, -0.1) is 0 Å². The molecular weight excluding hydrogens is 354 g/mol. The molecule has 6 heteroatoms. The summed E-state index contributed by atoms with van der Waals surface area (Å²) >= 11 is 0. The van der Waals surface area contributed by atoms with Gasteiger partial charge in [0, 0.05) is 25.6 Å². The largest absolute Gasteiger partial charge is 0.494 e. The smallest absolute Gasteiger partial charge is 0.410 e. The number of hydrogen-bond acceptors (Lipinski definition) is 4. The molecular formula is C22H33N3O3. The first-order chi connectivity index (χ1) is 13.3. The minimum atomic E-state index is -0.480. The van der Waals surface area contributed by atoms with Gasteiger partial charge >= 0.3 is 6.09 Å². The number of aromatic nitrogens is 2. The van der Waals surface area contributed by atoms with Gasteiger partial charge in [0.2, 0.25) is 0 Å². The number of methoxy groups -OCH3 is 1. The summed E-state index contributed by atoms with van der Waals surface area (Å²) in [5, 5.41) is 0. The fourth-order valence-electron chi connectivity index (χ4n) is 3.85. The highest BCUT2D eigenvalue weighted by molar-refractivity contribution is 5.82. The van der Waals surface area contributed by atoms with Crippen LogP contribution in [0.4, 0.5) is 4.79 Å². The second-order valence-electron chi connectivity index (χ2n) is 8.57. The maximum atomic E-state index is 12.6. The van der Waals surface area contributed by atoms with Crippen molar-refractivity contribution in [3.63, 3.8) is 0 Å². The summed E-state index contributed by atoms with van der Waals surface area (Å²) in [6, 6.07) is 6.08. The minimum Gasteiger partial charge on any atom is -0.494 e. The Kier molecular flexibility index (Phi) is 6.16. The van der Waals surface area contributed by atoms with Crippen LogP contribution in [0.1, 0.15) is 65.1 Å². The first-order valence-electron chi connectivity index (χ1n) is 10.3. The average molecular weight is 388 g/mol. The van der Waals surface area contributed by atoms with Crippen LogP contribution in [-0.2, 0) is 11.3 Å². The van der Waals surface area contributed by atoms with Crippen LogP contribution in [0.25, 0.3) is 11.0 Å². The van der Waals surface area contributed by atoms with Crippen molar-refractivity contribution in [1.82, 2.24) is 14.5 Å². The number of amides is 1. The molecule has 1 aliphatic rings. The Morgan fingerprint density at radius 2 is 2.11 bits per heavy atom. The zero-order valence-corrected chi connectivity index (χ0v) is 17.8. The lowest BCUT2D eigenvalue weighted by Crippen LogP contribution is -2.42. The topological polar surface area (TPSA) is 56.6 Å². The number of para-hydroxylation sites is 1. The van der Waals surface area contributed by atoms with Crippen LogP contribution in [0.5, 0.6) is 5.75 Å². The van der Waals surface area contributed by atoms with E-state index in [0.717, 1.165) is 61.4 Å². The van der Waals surface area contributed by atoms with Gasteiger partial charge in [-0.25, -0.2) is 9.78 Å². The Morgan fingerprint density at radius 3 is 2.79 bits per heavy atom. The number of unbranched alkanes of at least 4 members (excludes halogenated alkanes) is 1. The van der Waals surface area contributed by atoms with Crippen molar-refractivity contribution in [2.45, 2.75) is 71.4 Å². The van der Waals surface area contributed by atoms with Crippen molar-refractivity contribution in [3.8, 4) is 5.75 Å². The second-order valence-corrected chi connectivity index (χ2v) is 8.57. The maximum absolute atomic E-state index is 12.6. The number of nitrogens with zero attached hydrogens (tertiary/aromatic N) is 3. The van der Waals surface area contributed by atoms with Gasteiger partial charge in [-0.2, -0.15) is 0 Å². The molecule has 6 nitrogen and oxygen atoms in total. The number of carbonyl (C=O) groups is 1. The highest BCUT2D eigenvalue weighted by Crippen LogP contribution is 2.33. The number of rotatable bonds is 5. The number of carbonyl (C=O) groups excluding carboxylic acids is 1. The molecule has 0 spiro atoms. The number of fused-ring (bicyclic) bond motifs is 1. The van der Waals surface area contributed by atoms with Gasteiger partial charge in [-0.3, -0.25) is 0 Å². The van der Waals surface area contributed by atoms with Crippen molar-refractivity contribution >= 4 is 17.1 Å². The number of imidazole rings is 1. The zero-order valence-electron chi connectivity index (χ0n) is 17.8. The molecule has 1 aromatic heterocycles. The normalized spacial score (nSPS) is 17.8. The van der Waals surface area contributed by atoms with Crippen molar-refractivity contribution in [2.24, 2.45) is 0 Å². The molecule has 1 amide bonds. The molecule has 28 heavy (non-hydrogen) atoms. The van der Waals surface area contributed by atoms with Gasteiger partial charge in [-0.1, -0.05) is 19.4 Å². The molecule has 0 bridgehead atoms. The summed E-state index contributed by atoms with van der Waals surface area (Å²) in [4.78, 5) is 19.4. The van der Waals surface area contributed by atoms with Crippen molar-refractivity contribution in [1.29, 1.82) is 0 Å². The third-order valence-corrected chi connectivity index (χ3v) is 5.16. The molecule has 1 atom stereocenters. The van der Waals surface area contributed by atoms with E-state index >= 15 is 0 Å². The van der Waals surface area contributed by atoms with Crippen molar-refractivity contribution < 1.29 is 14.3 Å². The molecule has 0 aliphatic carbocycles. The summed E-state index contributed by atoms with van der Waals surface area (Å²) in [5.74, 6) is 2.06. The first-order valence-corrected chi connectivity index (χ1v) is 10.3. The van der Waals surface area contributed by atoms with E-state index in [-0.39, 0.29) is 12.0 Å². The van der Waals surface area contributed by atoms with Crippen LogP contribution in [-0.4, -0.2) is 46.3 Å². The van der Waals surface area contributed by atoms with E-state index in [1.165, 1.54) is 0 Å². The Balaban J connectivity index is 1.92. The van der Waals surface area contributed by atoms with E-state index in [2.05, 4.69) is 17.6 Å². The van der Waals surface area contributed by atoms with Crippen LogP contribution >= 0.6 is 0 Å². The van der Waals surface area contributed by atoms with Gasteiger partial charge in [0.25, 0.3) is 0 Å². The van der Waals surface area contributed by atoms with Crippen LogP contribution in [0.15, 0.2) is 18.2 Å². The van der Waals surface area contributed by atoms with E-state index < -0.39 is 5.60 Å². The summed E-state index contributed by atoms with van der Waals surface area (Å²) in [6.45, 7) is 10.2. The second kappa shape index (κ2) is 8.41. The maximum Gasteiger partial charge on any atom is 0.410 e. The molecule has 0 N–H and O–H groups in total. The lowest BCUT2D eigenvalue weighted by atomic mass is 9.97. The molecule has 1 aromatic carbocycles. The predicted octanol–water partition coefficient (Wildman–Crippen LogP) is 4.96. The summed E-state index contributed by atoms with van der Waals surface area (Å²) < 4.78 is 13.5. The SMILES string of the molecule is CCCCn1c([C@@H]2CCCN(C(=O)OC(C)(C)C)C2)nc2c(OC)cccc21. The predicted molar refractivity (Wildman–Crippen MR) is 111 cm³/mol. The van der Waals surface area contributed by atoms with Gasteiger partial charge in [0.1, 0.15) is 22.7 Å². The summed E-state index contributed by atoms with van der Waals surface area (Å²) in [5.41, 5.74) is 1.54. The van der Waals surface area contributed by atoms with E-state index in [1.54, 1.807) is 7.11 Å². The van der Waals surface area contributed by atoms with Crippen molar-refractivity contribution in [3.05, 3.63) is 24.0 Å². The fourth-order valence-corrected chi connectivity index (χ4v) is 3.85. The first kappa shape index (κ1) is 20.5. The average Bonchev–Trinajstić information content (AvgIpc) is 3.03. The van der Waals surface area contributed by atoms with Crippen LogP contribution < -0.4 is 4.74 Å². The molecule has 0 unspecified atom stereocenters. The molecule has 3 rings (SSSR count).